The molecule has 0 aliphatic carbocycles. The number of likely N-dealkylation sites (tertiary alicyclic amines) is 1. The standard InChI is InChI=1S/C14H17N3O5/c1-9-6-11(17(21)22)2-3-12(9)15-13(18)8-16-5-4-10(7-16)14(19)20/h2-3,6,10H,4-5,7-8H2,1H3,(H,15,18)(H,19,20). The summed E-state index contributed by atoms with van der Waals surface area (Å²) in [6.07, 6.45) is 0.541. The fourth-order valence-electron chi connectivity index (χ4n) is 2.47. The summed E-state index contributed by atoms with van der Waals surface area (Å²) < 4.78 is 0. The Morgan fingerprint density at radius 3 is 2.77 bits per heavy atom. The minimum atomic E-state index is -0.839. The van der Waals surface area contributed by atoms with Crippen molar-refractivity contribution in [3.05, 3.63) is 33.9 Å². The van der Waals surface area contributed by atoms with Crippen molar-refractivity contribution in [1.29, 1.82) is 0 Å². The maximum atomic E-state index is 12.0. The van der Waals surface area contributed by atoms with Crippen LogP contribution in [0.2, 0.25) is 0 Å². The summed E-state index contributed by atoms with van der Waals surface area (Å²) in [7, 11) is 0. The van der Waals surface area contributed by atoms with E-state index in [1.807, 2.05) is 0 Å². The van der Waals surface area contributed by atoms with E-state index in [2.05, 4.69) is 5.32 Å². The molecule has 8 nitrogen and oxygen atoms in total. The number of nitrogens with one attached hydrogen (secondary N) is 1. The summed E-state index contributed by atoms with van der Waals surface area (Å²) in [5, 5.41) is 22.3. The van der Waals surface area contributed by atoms with Gasteiger partial charge in [-0.3, -0.25) is 24.6 Å². The van der Waals surface area contributed by atoms with Gasteiger partial charge in [0.15, 0.2) is 0 Å². The van der Waals surface area contributed by atoms with E-state index in [0.717, 1.165) is 0 Å². The van der Waals surface area contributed by atoms with Crippen molar-refractivity contribution >= 4 is 23.3 Å². The van der Waals surface area contributed by atoms with E-state index < -0.39 is 16.8 Å². The van der Waals surface area contributed by atoms with Crippen molar-refractivity contribution < 1.29 is 19.6 Å². The first kappa shape index (κ1) is 15.9. The van der Waals surface area contributed by atoms with Gasteiger partial charge in [0.2, 0.25) is 5.91 Å². The first-order valence-corrected chi connectivity index (χ1v) is 6.87. The number of nitro groups is 1. The normalized spacial score (nSPS) is 18.1. The molecule has 1 atom stereocenters. The van der Waals surface area contributed by atoms with Gasteiger partial charge in [-0.05, 0) is 31.5 Å². The fraction of sp³-hybridized carbons (Fsp3) is 0.429. The molecule has 8 heteroatoms. The monoisotopic (exact) mass is 307 g/mol. The Kier molecular flexibility index (Phi) is 4.71. The first-order valence-electron chi connectivity index (χ1n) is 6.87. The smallest absolute Gasteiger partial charge is 0.307 e. The maximum Gasteiger partial charge on any atom is 0.307 e. The molecule has 1 aromatic rings. The van der Waals surface area contributed by atoms with E-state index >= 15 is 0 Å². The third-order valence-corrected chi connectivity index (χ3v) is 3.68. The number of hydrogen-bond donors (Lipinski definition) is 2. The Hall–Kier alpha value is -2.48. The van der Waals surface area contributed by atoms with E-state index in [1.165, 1.54) is 18.2 Å². The number of benzene rings is 1. The van der Waals surface area contributed by atoms with Crippen molar-refractivity contribution in [2.75, 3.05) is 25.0 Å². The quantitative estimate of drug-likeness (QED) is 0.625. The van der Waals surface area contributed by atoms with Crippen LogP contribution in [0.15, 0.2) is 18.2 Å². The molecule has 118 valence electrons. The molecule has 1 unspecified atom stereocenters. The molecule has 1 heterocycles. The second-order valence-electron chi connectivity index (χ2n) is 5.36. The van der Waals surface area contributed by atoms with E-state index in [9.17, 15) is 19.7 Å². The van der Waals surface area contributed by atoms with Crippen LogP contribution in [0.5, 0.6) is 0 Å². The molecule has 1 fully saturated rings. The number of carbonyl (C=O) groups is 2. The highest BCUT2D eigenvalue weighted by atomic mass is 16.6. The lowest BCUT2D eigenvalue weighted by Crippen LogP contribution is -2.32. The van der Waals surface area contributed by atoms with Crippen LogP contribution in [0.25, 0.3) is 0 Å². The van der Waals surface area contributed by atoms with Gasteiger partial charge in [0, 0.05) is 24.4 Å². The first-order chi connectivity index (χ1) is 10.4. The van der Waals surface area contributed by atoms with Gasteiger partial charge in [-0.2, -0.15) is 0 Å². The van der Waals surface area contributed by atoms with Crippen molar-refractivity contribution in [1.82, 2.24) is 4.90 Å². The number of nitrogens with zero attached hydrogens (tertiary/aromatic N) is 2. The van der Waals surface area contributed by atoms with Crippen LogP contribution in [-0.2, 0) is 9.59 Å². The van der Waals surface area contributed by atoms with E-state index in [4.69, 9.17) is 5.11 Å². The minimum absolute atomic E-state index is 0.0284. The molecule has 1 amide bonds. The second kappa shape index (κ2) is 6.52. The van der Waals surface area contributed by atoms with Crippen LogP contribution in [-0.4, -0.2) is 46.4 Å². The molecule has 1 aliphatic heterocycles. The van der Waals surface area contributed by atoms with Gasteiger partial charge in [0.05, 0.1) is 17.4 Å². The average Bonchev–Trinajstić information content (AvgIpc) is 2.89. The third kappa shape index (κ3) is 3.79. The Morgan fingerprint density at radius 2 is 2.23 bits per heavy atom. The molecule has 0 bridgehead atoms. The van der Waals surface area contributed by atoms with Gasteiger partial charge in [-0.15, -0.1) is 0 Å². The number of non-ortho nitro benzene ring substituents is 1. The van der Waals surface area contributed by atoms with Gasteiger partial charge >= 0.3 is 5.97 Å². The summed E-state index contributed by atoms with van der Waals surface area (Å²) >= 11 is 0. The molecule has 0 saturated carbocycles. The number of carbonyl (C=O) groups excluding carboxylic acids is 1. The molecule has 0 aromatic heterocycles. The van der Waals surface area contributed by atoms with Crippen LogP contribution in [0.3, 0.4) is 0 Å². The zero-order chi connectivity index (χ0) is 16.3. The SMILES string of the molecule is Cc1cc([N+](=O)[O-])ccc1NC(=O)CN1CCC(C(=O)O)C1. The van der Waals surface area contributed by atoms with E-state index in [-0.39, 0.29) is 18.1 Å². The highest BCUT2D eigenvalue weighted by Crippen LogP contribution is 2.21. The van der Waals surface area contributed by atoms with Crippen molar-refractivity contribution in [3.63, 3.8) is 0 Å². The number of aliphatic carboxylic acids is 1. The number of anilines is 1. The largest absolute Gasteiger partial charge is 0.481 e. The molecule has 0 spiro atoms. The molecule has 1 saturated heterocycles. The number of nitro benzene ring substituents is 1. The molecule has 22 heavy (non-hydrogen) atoms. The van der Waals surface area contributed by atoms with E-state index in [0.29, 0.717) is 30.8 Å². The van der Waals surface area contributed by atoms with Crippen LogP contribution in [0.4, 0.5) is 11.4 Å². The number of carboxylic acids is 1. The lowest BCUT2D eigenvalue weighted by molar-refractivity contribution is -0.384. The van der Waals surface area contributed by atoms with Crippen LogP contribution in [0, 0.1) is 23.0 Å². The molecule has 1 aliphatic rings. The van der Waals surface area contributed by atoms with Crippen LogP contribution in [0.1, 0.15) is 12.0 Å². The summed E-state index contributed by atoms with van der Waals surface area (Å²) in [5.41, 5.74) is 1.09. The Labute approximate surface area is 126 Å². The zero-order valence-corrected chi connectivity index (χ0v) is 12.1. The third-order valence-electron chi connectivity index (χ3n) is 3.68. The second-order valence-corrected chi connectivity index (χ2v) is 5.36. The Balaban J connectivity index is 1.93. The summed E-state index contributed by atoms with van der Waals surface area (Å²) in [5.74, 6) is -1.52. The van der Waals surface area contributed by atoms with Gasteiger partial charge in [0.1, 0.15) is 0 Å². The molecule has 2 rings (SSSR count). The highest BCUT2D eigenvalue weighted by molar-refractivity contribution is 5.93. The van der Waals surface area contributed by atoms with Crippen molar-refractivity contribution in [2.24, 2.45) is 5.92 Å². The number of rotatable bonds is 5. The van der Waals surface area contributed by atoms with E-state index in [1.54, 1.807) is 11.8 Å². The zero-order valence-electron chi connectivity index (χ0n) is 12.1. The highest BCUT2D eigenvalue weighted by Gasteiger charge is 2.28. The lowest BCUT2D eigenvalue weighted by Gasteiger charge is -2.15. The van der Waals surface area contributed by atoms with Gasteiger partial charge in [-0.25, -0.2) is 0 Å². The molecular weight excluding hydrogens is 290 g/mol. The number of amides is 1. The van der Waals surface area contributed by atoms with Crippen molar-refractivity contribution in [3.8, 4) is 0 Å². The summed E-state index contributed by atoms with van der Waals surface area (Å²) in [6, 6.07) is 4.22. The van der Waals surface area contributed by atoms with Crippen molar-refractivity contribution in [2.45, 2.75) is 13.3 Å². The van der Waals surface area contributed by atoms with Gasteiger partial charge < -0.3 is 10.4 Å². The summed E-state index contributed by atoms with van der Waals surface area (Å²) in [4.78, 5) is 34.8. The number of aryl methyl sites for hydroxylation is 1. The minimum Gasteiger partial charge on any atom is -0.481 e. The molecule has 1 aromatic carbocycles. The lowest BCUT2D eigenvalue weighted by atomic mass is 10.1. The predicted octanol–water partition coefficient (Wildman–Crippen LogP) is 1.25. The van der Waals surface area contributed by atoms with Gasteiger partial charge in [-0.1, -0.05) is 0 Å². The Morgan fingerprint density at radius 1 is 1.50 bits per heavy atom. The number of carboxylic acid groups (broad SMARTS) is 1. The Bertz CT molecular complexity index is 616. The molecular formula is C14H17N3O5. The summed E-state index contributed by atoms with van der Waals surface area (Å²) in [6.45, 7) is 2.73. The maximum absolute atomic E-state index is 12.0. The average molecular weight is 307 g/mol. The molecule has 0 radical (unpaired) electrons. The molecule has 2 N–H and O–H groups in total. The van der Waals surface area contributed by atoms with Crippen LogP contribution < -0.4 is 5.32 Å². The predicted molar refractivity (Wildman–Crippen MR) is 78.6 cm³/mol. The fourth-order valence-corrected chi connectivity index (χ4v) is 2.47. The number of hydrogen-bond acceptors (Lipinski definition) is 5. The topological polar surface area (TPSA) is 113 Å². The van der Waals surface area contributed by atoms with Crippen LogP contribution >= 0.6 is 0 Å². The van der Waals surface area contributed by atoms with Gasteiger partial charge in [0.25, 0.3) is 5.69 Å².